The molecule has 0 spiro atoms. The second kappa shape index (κ2) is 9.08. The lowest BCUT2D eigenvalue weighted by molar-refractivity contribution is -0.111. The number of hydrogen-bond donors (Lipinski definition) is 1. The highest BCUT2D eigenvalue weighted by molar-refractivity contribution is 7.15. The number of benzene rings is 3. The maximum atomic E-state index is 13.0. The van der Waals surface area contributed by atoms with Crippen molar-refractivity contribution >= 4 is 34.0 Å². The van der Waals surface area contributed by atoms with Crippen molar-refractivity contribution in [3.05, 3.63) is 113 Å². The fourth-order valence-corrected chi connectivity index (χ4v) is 3.69. The third kappa shape index (κ3) is 5.03. The normalized spacial score (nSPS) is 11.2. The van der Waals surface area contributed by atoms with Crippen LogP contribution in [0, 0.1) is 0 Å². The molecule has 1 heterocycles. The van der Waals surface area contributed by atoms with Crippen LogP contribution in [-0.2, 0) is 11.2 Å². The molecule has 0 saturated heterocycles. The van der Waals surface area contributed by atoms with Gasteiger partial charge in [-0.2, -0.15) is 0 Å². The molecular formula is C24H19N3OS. The SMILES string of the molecule is O=C(Nc1nnc(Cc2ccccc2)s1)C(=Cc1ccccc1)c1ccccc1. The van der Waals surface area contributed by atoms with Crippen LogP contribution in [0.5, 0.6) is 0 Å². The van der Waals surface area contributed by atoms with Crippen molar-refractivity contribution < 1.29 is 4.79 Å². The summed E-state index contributed by atoms with van der Waals surface area (Å²) in [6.45, 7) is 0. The predicted octanol–water partition coefficient (Wildman–Crippen LogP) is 5.31. The average Bonchev–Trinajstić information content (AvgIpc) is 3.20. The van der Waals surface area contributed by atoms with E-state index in [0.717, 1.165) is 21.7 Å². The Kier molecular flexibility index (Phi) is 5.88. The number of anilines is 1. The molecule has 1 N–H and O–H groups in total. The summed E-state index contributed by atoms with van der Waals surface area (Å²) in [7, 11) is 0. The number of nitrogens with zero attached hydrogens (tertiary/aromatic N) is 2. The van der Waals surface area contributed by atoms with E-state index in [1.165, 1.54) is 11.3 Å². The minimum absolute atomic E-state index is 0.206. The van der Waals surface area contributed by atoms with E-state index in [9.17, 15) is 4.79 Å². The van der Waals surface area contributed by atoms with Crippen molar-refractivity contribution in [2.24, 2.45) is 0 Å². The Morgan fingerprint density at radius 2 is 1.45 bits per heavy atom. The Morgan fingerprint density at radius 1 is 0.828 bits per heavy atom. The number of nitrogens with one attached hydrogen (secondary N) is 1. The number of aromatic nitrogens is 2. The third-order valence-electron chi connectivity index (χ3n) is 4.33. The van der Waals surface area contributed by atoms with Gasteiger partial charge < -0.3 is 0 Å². The van der Waals surface area contributed by atoms with Gasteiger partial charge in [0.25, 0.3) is 5.91 Å². The number of carbonyl (C=O) groups excluding carboxylic acids is 1. The van der Waals surface area contributed by atoms with E-state index in [1.807, 2.05) is 84.9 Å². The van der Waals surface area contributed by atoms with Gasteiger partial charge in [0.1, 0.15) is 5.01 Å². The van der Waals surface area contributed by atoms with Crippen molar-refractivity contribution in [1.82, 2.24) is 10.2 Å². The minimum Gasteiger partial charge on any atom is -0.296 e. The van der Waals surface area contributed by atoms with Gasteiger partial charge in [0.2, 0.25) is 5.13 Å². The van der Waals surface area contributed by atoms with Crippen molar-refractivity contribution in [1.29, 1.82) is 0 Å². The standard InChI is InChI=1S/C24H19N3OS/c28-23(25-24-27-26-22(29-24)17-19-12-6-2-7-13-19)21(20-14-8-3-9-15-20)16-18-10-4-1-5-11-18/h1-16H,17H2,(H,25,27,28). The molecule has 29 heavy (non-hydrogen) atoms. The maximum Gasteiger partial charge on any atom is 0.258 e. The van der Waals surface area contributed by atoms with E-state index in [-0.39, 0.29) is 5.91 Å². The molecule has 0 aliphatic carbocycles. The van der Waals surface area contributed by atoms with Gasteiger partial charge >= 0.3 is 0 Å². The Labute approximate surface area is 173 Å². The van der Waals surface area contributed by atoms with Crippen LogP contribution < -0.4 is 5.32 Å². The van der Waals surface area contributed by atoms with Crippen LogP contribution >= 0.6 is 11.3 Å². The van der Waals surface area contributed by atoms with Gasteiger partial charge in [-0.1, -0.05) is 102 Å². The summed E-state index contributed by atoms with van der Waals surface area (Å²) in [6, 6.07) is 29.5. The van der Waals surface area contributed by atoms with Gasteiger partial charge in [-0.25, -0.2) is 0 Å². The van der Waals surface area contributed by atoms with E-state index in [0.29, 0.717) is 17.1 Å². The van der Waals surface area contributed by atoms with Crippen LogP contribution in [0.4, 0.5) is 5.13 Å². The Bertz CT molecular complexity index is 1110. The summed E-state index contributed by atoms with van der Waals surface area (Å²) in [4.78, 5) is 13.0. The Balaban J connectivity index is 1.55. The summed E-state index contributed by atoms with van der Waals surface area (Å²) in [6.07, 6.45) is 2.58. The number of rotatable bonds is 6. The Hall–Kier alpha value is -3.57. The van der Waals surface area contributed by atoms with Crippen LogP contribution in [0.15, 0.2) is 91.0 Å². The van der Waals surface area contributed by atoms with E-state index in [1.54, 1.807) is 0 Å². The van der Waals surface area contributed by atoms with Crippen molar-refractivity contribution in [2.75, 3.05) is 5.32 Å². The quantitative estimate of drug-likeness (QED) is 0.354. The fraction of sp³-hybridized carbons (Fsp3) is 0.0417. The van der Waals surface area contributed by atoms with Gasteiger partial charge in [0.05, 0.1) is 0 Å². The van der Waals surface area contributed by atoms with Gasteiger partial charge in [-0.05, 0) is 22.8 Å². The highest BCUT2D eigenvalue weighted by atomic mass is 32.1. The zero-order valence-corrected chi connectivity index (χ0v) is 16.5. The molecule has 0 unspecified atom stereocenters. The largest absolute Gasteiger partial charge is 0.296 e. The first-order valence-electron chi connectivity index (χ1n) is 9.28. The lowest BCUT2D eigenvalue weighted by Gasteiger charge is -2.07. The summed E-state index contributed by atoms with van der Waals surface area (Å²) in [5.41, 5.74) is 3.55. The lowest BCUT2D eigenvalue weighted by atomic mass is 10.0. The van der Waals surface area contributed by atoms with Crippen LogP contribution in [0.2, 0.25) is 0 Å². The number of carbonyl (C=O) groups is 1. The molecule has 4 rings (SSSR count). The van der Waals surface area contributed by atoms with E-state index in [2.05, 4.69) is 27.6 Å². The zero-order valence-electron chi connectivity index (χ0n) is 15.7. The van der Waals surface area contributed by atoms with Crippen LogP contribution in [-0.4, -0.2) is 16.1 Å². The fourth-order valence-electron chi connectivity index (χ4n) is 2.92. The minimum atomic E-state index is -0.206. The first-order valence-corrected chi connectivity index (χ1v) is 10.1. The molecule has 0 aliphatic rings. The molecule has 0 fully saturated rings. The second-order valence-corrected chi connectivity index (χ2v) is 7.51. The molecule has 1 amide bonds. The molecule has 4 aromatic rings. The molecule has 5 heteroatoms. The van der Waals surface area contributed by atoms with E-state index in [4.69, 9.17) is 0 Å². The lowest BCUT2D eigenvalue weighted by Crippen LogP contribution is -2.13. The molecule has 0 atom stereocenters. The van der Waals surface area contributed by atoms with Crippen molar-refractivity contribution in [3.63, 3.8) is 0 Å². The van der Waals surface area contributed by atoms with E-state index < -0.39 is 0 Å². The highest BCUT2D eigenvalue weighted by Gasteiger charge is 2.15. The smallest absolute Gasteiger partial charge is 0.258 e. The second-order valence-electron chi connectivity index (χ2n) is 6.45. The number of hydrogen-bond acceptors (Lipinski definition) is 4. The molecule has 142 valence electrons. The maximum absolute atomic E-state index is 13.0. The van der Waals surface area contributed by atoms with Crippen LogP contribution in [0.3, 0.4) is 0 Å². The molecule has 0 bridgehead atoms. The van der Waals surface area contributed by atoms with E-state index >= 15 is 0 Å². The monoisotopic (exact) mass is 397 g/mol. The van der Waals surface area contributed by atoms with Crippen LogP contribution in [0.1, 0.15) is 21.7 Å². The Morgan fingerprint density at radius 3 is 2.14 bits per heavy atom. The third-order valence-corrected chi connectivity index (χ3v) is 5.16. The van der Waals surface area contributed by atoms with Crippen molar-refractivity contribution in [3.8, 4) is 0 Å². The molecule has 3 aromatic carbocycles. The van der Waals surface area contributed by atoms with Crippen LogP contribution in [0.25, 0.3) is 11.6 Å². The summed E-state index contributed by atoms with van der Waals surface area (Å²) in [5, 5.41) is 12.6. The average molecular weight is 398 g/mol. The van der Waals surface area contributed by atoms with Gasteiger partial charge in [0.15, 0.2) is 0 Å². The molecule has 1 aromatic heterocycles. The number of amides is 1. The summed E-state index contributed by atoms with van der Waals surface area (Å²) < 4.78 is 0. The predicted molar refractivity (Wildman–Crippen MR) is 119 cm³/mol. The molecule has 0 saturated carbocycles. The first kappa shape index (κ1) is 18.8. The van der Waals surface area contributed by atoms with Gasteiger partial charge in [-0.3, -0.25) is 10.1 Å². The van der Waals surface area contributed by atoms with Gasteiger partial charge in [-0.15, -0.1) is 10.2 Å². The first-order chi connectivity index (χ1) is 14.3. The molecule has 0 aliphatic heterocycles. The topological polar surface area (TPSA) is 54.9 Å². The molecule has 4 nitrogen and oxygen atoms in total. The summed E-state index contributed by atoms with van der Waals surface area (Å²) in [5.74, 6) is -0.206. The summed E-state index contributed by atoms with van der Waals surface area (Å²) >= 11 is 1.39. The van der Waals surface area contributed by atoms with Crippen molar-refractivity contribution in [2.45, 2.75) is 6.42 Å². The zero-order chi connectivity index (χ0) is 19.9. The molecular weight excluding hydrogens is 378 g/mol. The highest BCUT2D eigenvalue weighted by Crippen LogP contribution is 2.23. The van der Waals surface area contributed by atoms with Gasteiger partial charge in [0, 0.05) is 12.0 Å². The molecule has 0 radical (unpaired) electrons.